The predicted molar refractivity (Wildman–Crippen MR) is 60.0 cm³/mol. The maximum Gasteiger partial charge on any atom is 0.246 e. The average Bonchev–Trinajstić information content (AvgIpc) is 2.67. The zero-order chi connectivity index (χ0) is 12.1. The zero-order valence-electron chi connectivity index (χ0n) is 10.2. The molecule has 0 saturated heterocycles. The van der Waals surface area contributed by atoms with Crippen LogP contribution in [0, 0.1) is 0 Å². The second-order valence-corrected chi connectivity index (χ2v) is 4.47. The number of rotatable bonds is 5. The summed E-state index contributed by atoms with van der Waals surface area (Å²) in [5.74, 6) is -0.350. The maximum absolute atomic E-state index is 11.2. The van der Waals surface area contributed by atoms with Gasteiger partial charge in [-0.05, 0) is 38.6 Å². The SMILES string of the molecule is C[n+]1noc([O-])c1CNCCC1=CCCCC1. The van der Waals surface area contributed by atoms with Gasteiger partial charge in [0.2, 0.25) is 5.69 Å². The quantitative estimate of drug-likeness (QED) is 0.461. The summed E-state index contributed by atoms with van der Waals surface area (Å²) in [6.45, 7) is 1.42. The Hall–Kier alpha value is -1.36. The van der Waals surface area contributed by atoms with Crippen LogP contribution in [-0.4, -0.2) is 11.8 Å². The predicted octanol–water partition coefficient (Wildman–Crippen LogP) is 0.553. The molecule has 2 rings (SSSR count). The van der Waals surface area contributed by atoms with Crippen LogP contribution in [0.3, 0.4) is 0 Å². The maximum atomic E-state index is 11.2. The molecule has 1 aromatic rings. The lowest BCUT2D eigenvalue weighted by atomic mass is 9.97. The third kappa shape index (κ3) is 3.30. The summed E-state index contributed by atoms with van der Waals surface area (Å²) in [7, 11) is 1.71. The molecule has 1 aromatic heterocycles. The van der Waals surface area contributed by atoms with Crippen LogP contribution >= 0.6 is 0 Å². The van der Waals surface area contributed by atoms with Crippen molar-refractivity contribution >= 4 is 0 Å². The lowest BCUT2D eigenvalue weighted by molar-refractivity contribution is -0.746. The Bertz CT molecular complexity index is 379. The van der Waals surface area contributed by atoms with Crippen LogP contribution in [-0.2, 0) is 13.6 Å². The molecule has 5 heteroatoms. The van der Waals surface area contributed by atoms with E-state index in [2.05, 4.69) is 21.2 Å². The van der Waals surface area contributed by atoms with Crippen molar-refractivity contribution < 1.29 is 14.3 Å². The van der Waals surface area contributed by atoms with Gasteiger partial charge in [-0.3, -0.25) is 0 Å². The highest BCUT2D eigenvalue weighted by Crippen LogP contribution is 2.19. The minimum absolute atomic E-state index is 0.350. The van der Waals surface area contributed by atoms with Gasteiger partial charge in [-0.1, -0.05) is 16.3 Å². The molecular formula is C12H19N3O2. The van der Waals surface area contributed by atoms with Crippen molar-refractivity contribution in [3.05, 3.63) is 17.3 Å². The van der Waals surface area contributed by atoms with Gasteiger partial charge in [0.25, 0.3) is 0 Å². The summed E-state index contributed by atoms with van der Waals surface area (Å²) in [5.41, 5.74) is 2.11. The van der Waals surface area contributed by atoms with Crippen molar-refractivity contribution in [1.29, 1.82) is 0 Å². The van der Waals surface area contributed by atoms with Crippen LogP contribution in [0.15, 0.2) is 16.2 Å². The van der Waals surface area contributed by atoms with Crippen molar-refractivity contribution in [1.82, 2.24) is 10.6 Å². The Balaban J connectivity index is 1.71. The minimum Gasteiger partial charge on any atom is -0.539 e. The van der Waals surface area contributed by atoms with Crippen molar-refractivity contribution in [2.45, 2.75) is 38.6 Å². The van der Waals surface area contributed by atoms with E-state index in [1.54, 1.807) is 12.6 Å². The highest BCUT2D eigenvalue weighted by Gasteiger charge is 2.12. The first-order valence-corrected chi connectivity index (χ1v) is 6.18. The van der Waals surface area contributed by atoms with Crippen LogP contribution in [0.4, 0.5) is 0 Å². The van der Waals surface area contributed by atoms with Crippen LogP contribution < -0.4 is 15.1 Å². The third-order valence-corrected chi connectivity index (χ3v) is 3.17. The minimum atomic E-state index is -0.350. The molecule has 1 aliphatic carbocycles. The molecule has 0 fully saturated rings. The molecule has 1 N–H and O–H groups in total. The summed E-state index contributed by atoms with van der Waals surface area (Å²) in [4.78, 5) is 0. The molecule has 5 nitrogen and oxygen atoms in total. The lowest BCUT2D eigenvalue weighted by Gasteiger charge is -2.12. The fourth-order valence-electron chi connectivity index (χ4n) is 2.11. The van der Waals surface area contributed by atoms with Crippen molar-refractivity contribution in [3.8, 4) is 5.95 Å². The van der Waals surface area contributed by atoms with Gasteiger partial charge in [-0.25, -0.2) is 0 Å². The monoisotopic (exact) mass is 237 g/mol. The molecule has 0 radical (unpaired) electrons. The summed E-state index contributed by atoms with van der Waals surface area (Å²) in [5, 5.41) is 18.1. The standard InChI is InChI=1S/C12H19N3O2/c1-15-11(12(16)17-14-15)9-13-8-7-10-5-3-2-4-6-10/h5,13H,2-4,6-9H2,1H3. The van der Waals surface area contributed by atoms with E-state index >= 15 is 0 Å². The Morgan fingerprint density at radius 1 is 1.53 bits per heavy atom. The molecule has 17 heavy (non-hydrogen) atoms. The molecule has 1 heterocycles. The summed E-state index contributed by atoms with van der Waals surface area (Å²) in [6, 6.07) is 0. The van der Waals surface area contributed by atoms with E-state index in [1.165, 1.54) is 30.4 Å². The first kappa shape index (κ1) is 12.1. The summed E-state index contributed by atoms with van der Waals surface area (Å²) in [6.07, 6.45) is 8.52. The van der Waals surface area contributed by atoms with Crippen LogP contribution in [0.5, 0.6) is 5.95 Å². The molecule has 0 aliphatic heterocycles. The number of allylic oxidation sites excluding steroid dienone is 1. The largest absolute Gasteiger partial charge is 0.539 e. The second kappa shape index (κ2) is 5.82. The topological polar surface area (TPSA) is 65.0 Å². The van der Waals surface area contributed by atoms with Gasteiger partial charge in [-0.15, -0.1) is 0 Å². The van der Waals surface area contributed by atoms with Crippen LogP contribution in [0.2, 0.25) is 0 Å². The molecule has 0 saturated carbocycles. The van der Waals surface area contributed by atoms with E-state index in [0.29, 0.717) is 12.2 Å². The fourth-order valence-corrected chi connectivity index (χ4v) is 2.11. The van der Waals surface area contributed by atoms with Crippen molar-refractivity contribution in [2.24, 2.45) is 7.05 Å². The highest BCUT2D eigenvalue weighted by atomic mass is 16.6. The summed E-state index contributed by atoms with van der Waals surface area (Å²) >= 11 is 0. The smallest absolute Gasteiger partial charge is 0.246 e. The van der Waals surface area contributed by atoms with E-state index < -0.39 is 0 Å². The number of hydrogen-bond acceptors (Lipinski definition) is 4. The van der Waals surface area contributed by atoms with Crippen molar-refractivity contribution in [2.75, 3.05) is 6.54 Å². The Labute approximate surface area is 101 Å². The molecule has 0 atom stereocenters. The Morgan fingerprint density at radius 3 is 3.06 bits per heavy atom. The van der Waals surface area contributed by atoms with Gasteiger partial charge in [-0.2, -0.15) is 0 Å². The van der Waals surface area contributed by atoms with E-state index in [-0.39, 0.29) is 5.95 Å². The third-order valence-electron chi connectivity index (χ3n) is 3.17. The molecular weight excluding hydrogens is 218 g/mol. The summed E-state index contributed by atoms with van der Waals surface area (Å²) < 4.78 is 6.03. The number of aryl methyl sites for hydroxylation is 1. The molecule has 0 spiro atoms. The van der Waals surface area contributed by atoms with Gasteiger partial charge < -0.3 is 14.9 Å². The molecule has 1 aliphatic rings. The molecule has 0 amide bonds. The average molecular weight is 237 g/mol. The van der Waals surface area contributed by atoms with E-state index in [0.717, 1.165) is 13.0 Å². The zero-order valence-corrected chi connectivity index (χ0v) is 10.2. The van der Waals surface area contributed by atoms with Crippen LogP contribution in [0.25, 0.3) is 0 Å². The number of nitrogens with one attached hydrogen (secondary N) is 1. The molecule has 94 valence electrons. The van der Waals surface area contributed by atoms with Gasteiger partial charge in [0.05, 0.1) is 11.8 Å². The number of aromatic nitrogens is 2. The van der Waals surface area contributed by atoms with Gasteiger partial charge in [0.1, 0.15) is 0 Å². The van der Waals surface area contributed by atoms with Crippen LogP contribution in [0.1, 0.15) is 37.8 Å². The lowest BCUT2D eigenvalue weighted by Crippen LogP contribution is -2.37. The van der Waals surface area contributed by atoms with E-state index in [4.69, 9.17) is 0 Å². The number of hydrogen-bond donors (Lipinski definition) is 1. The number of nitrogens with zero attached hydrogens (tertiary/aromatic N) is 2. The van der Waals surface area contributed by atoms with E-state index in [1.807, 2.05) is 0 Å². The highest BCUT2D eigenvalue weighted by molar-refractivity contribution is 5.06. The second-order valence-electron chi connectivity index (χ2n) is 4.47. The van der Waals surface area contributed by atoms with Gasteiger partial charge in [0.15, 0.2) is 13.0 Å². The van der Waals surface area contributed by atoms with Crippen molar-refractivity contribution in [3.63, 3.8) is 0 Å². The molecule has 0 bridgehead atoms. The molecule has 0 unspecified atom stereocenters. The Kier molecular flexibility index (Phi) is 4.14. The van der Waals surface area contributed by atoms with Gasteiger partial charge in [0, 0.05) is 0 Å². The fraction of sp³-hybridized carbons (Fsp3) is 0.667. The molecule has 0 aromatic carbocycles. The first-order valence-electron chi connectivity index (χ1n) is 6.18. The normalized spacial score (nSPS) is 15.9. The Morgan fingerprint density at radius 2 is 2.41 bits per heavy atom. The van der Waals surface area contributed by atoms with E-state index in [9.17, 15) is 5.11 Å². The first-order chi connectivity index (χ1) is 8.27. The van der Waals surface area contributed by atoms with Gasteiger partial charge >= 0.3 is 0 Å².